The largest absolute Gasteiger partial charge is 0.598 e. The van der Waals surface area contributed by atoms with Crippen molar-refractivity contribution in [1.29, 1.82) is 0 Å². The lowest BCUT2D eigenvalue weighted by molar-refractivity contribution is 0.535. The summed E-state index contributed by atoms with van der Waals surface area (Å²) >= 11 is -1.26. The minimum absolute atomic E-state index is 0.0850. The second kappa shape index (κ2) is 6.69. The van der Waals surface area contributed by atoms with Crippen molar-refractivity contribution in [2.24, 2.45) is 0 Å². The summed E-state index contributed by atoms with van der Waals surface area (Å²) in [5.41, 5.74) is 7.49. The molecule has 2 atom stereocenters. The highest BCUT2D eigenvalue weighted by Gasteiger charge is 2.30. The normalized spacial score (nSPS) is 14.6. The van der Waals surface area contributed by atoms with Crippen LogP contribution in [0, 0.1) is 5.82 Å². The van der Waals surface area contributed by atoms with Gasteiger partial charge in [-0.25, -0.2) is 4.39 Å². The summed E-state index contributed by atoms with van der Waals surface area (Å²) in [5.74, 6) is -0.451. The van der Waals surface area contributed by atoms with Crippen molar-refractivity contribution in [3.8, 4) is 0 Å². The highest BCUT2D eigenvalue weighted by molar-refractivity contribution is 7.90. The Balaban J connectivity index is 2.39. The molecule has 1 unspecified atom stereocenters. The Morgan fingerprint density at radius 1 is 1.09 bits per heavy atom. The average molecular weight is 320 g/mol. The fourth-order valence-corrected chi connectivity index (χ4v) is 2.84. The van der Waals surface area contributed by atoms with Crippen LogP contribution in [0.4, 0.5) is 10.1 Å². The molecule has 0 aromatic heterocycles. The van der Waals surface area contributed by atoms with Crippen LogP contribution in [0.1, 0.15) is 37.9 Å². The molecule has 2 rings (SSSR count). The number of nitrogens with two attached hydrogens (primary N) is 1. The summed E-state index contributed by atoms with van der Waals surface area (Å²) in [6.45, 7) is 5.70. The number of hydrogen-bond donors (Lipinski definition) is 2. The predicted octanol–water partition coefficient (Wildman–Crippen LogP) is 3.55. The third kappa shape index (κ3) is 4.00. The number of hydrogen-bond acceptors (Lipinski definition) is 3. The third-order valence-corrected chi connectivity index (χ3v) is 4.83. The molecule has 0 saturated heterocycles. The van der Waals surface area contributed by atoms with E-state index in [9.17, 15) is 8.94 Å². The van der Waals surface area contributed by atoms with E-state index in [1.807, 2.05) is 51.1 Å². The number of anilines is 1. The van der Waals surface area contributed by atoms with Gasteiger partial charge < -0.3 is 10.3 Å². The Bertz CT molecular complexity index is 628. The SMILES string of the molecule is CC(C)(C)[S@@+]([O-])NC(c1ccccc1)c1ccc(F)c(N)c1. The molecular formula is C17H21FN2OS. The average Bonchev–Trinajstić information content (AvgIpc) is 2.47. The van der Waals surface area contributed by atoms with Gasteiger partial charge >= 0.3 is 0 Å². The second-order valence-electron chi connectivity index (χ2n) is 6.12. The van der Waals surface area contributed by atoms with E-state index in [1.165, 1.54) is 6.07 Å². The van der Waals surface area contributed by atoms with Gasteiger partial charge in [-0.1, -0.05) is 36.4 Å². The molecule has 118 valence electrons. The van der Waals surface area contributed by atoms with E-state index in [4.69, 9.17) is 5.73 Å². The van der Waals surface area contributed by atoms with Crippen molar-refractivity contribution < 1.29 is 8.94 Å². The van der Waals surface area contributed by atoms with Crippen LogP contribution < -0.4 is 10.5 Å². The number of nitrogen functional groups attached to an aromatic ring is 1. The van der Waals surface area contributed by atoms with Crippen LogP contribution in [0.25, 0.3) is 0 Å². The van der Waals surface area contributed by atoms with Gasteiger partial charge in [0.05, 0.1) is 5.69 Å². The molecule has 0 saturated carbocycles. The Morgan fingerprint density at radius 3 is 2.27 bits per heavy atom. The Morgan fingerprint density at radius 2 is 1.73 bits per heavy atom. The van der Waals surface area contributed by atoms with Gasteiger partial charge in [0.1, 0.15) is 16.6 Å². The summed E-state index contributed by atoms with van der Waals surface area (Å²) < 4.78 is 28.6. The molecule has 2 aromatic rings. The first-order valence-corrected chi connectivity index (χ1v) is 8.22. The zero-order chi connectivity index (χ0) is 16.3. The maximum absolute atomic E-state index is 13.4. The molecule has 0 aliphatic carbocycles. The first-order valence-electron chi connectivity index (χ1n) is 7.07. The van der Waals surface area contributed by atoms with E-state index in [-0.39, 0.29) is 11.7 Å². The highest BCUT2D eigenvalue weighted by Crippen LogP contribution is 2.27. The molecule has 0 aliphatic rings. The molecule has 0 aliphatic heterocycles. The quantitative estimate of drug-likeness (QED) is 0.669. The van der Waals surface area contributed by atoms with Crippen molar-refractivity contribution in [2.75, 3.05) is 5.73 Å². The first-order chi connectivity index (χ1) is 10.3. The number of halogens is 1. The molecular weight excluding hydrogens is 299 g/mol. The van der Waals surface area contributed by atoms with Crippen molar-refractivity contribution in [1.82, 2.24) is 4.72 Å². The standard InChI is InChI=1S/C17H21FN2OS/c1-17(2,3)22(21)20-16(12-7-5-4-6-8-12)13-9-10-14(18)15(19)11-13/h4-11,16,20H,19H2,1-3H3/t16?,22-/m1/s1. The lowest BCUT2D eigenvalue weighted by atomic mass is 9.99. The molecule has 2 aromatic carbocycles. The van der Waals surface area contributed by atoms with E-state index in [0.717, 1.165) is 11.1 Å². The van der Waals surface area contributed by atoms with E-state index >= 15 is 0 Å². The van der Waals surface area contributed by atoms with Crippen LogP contribution in [0.3, 0.4) is 0 Å². The number of nitrogens with one attached hydrogen (secondary N) is 1. The van der Waals surface area contributed by atoms with Crippen molar-refractivity contribution in [3.63, 3.8) is 0 Å². The van der Waals surface area contributed by atoms with E-state index in [2.05, 4.69) is 4.72 Å². The molecule has 22 heavy (non-hydrogen) atoms. The van der Waals surface area contributed by atoms with Crippen LogP contribution in [0.2, 0.25) is 0 Å². The Labute approximate surface area is 134 Å². The monoisotopic (exact) mass is 320 g/mol. The lowest BCUT2D eigenvalue weighted by Gasteiger charge is -2.28. The van der Waals surface area contributed by atoms with Gasteiger partial charge in [0.2, 0.25) is 0 Å². The molecule has 3 N–H and O–H groups in total. The summed E-state index contributed by atoms with van der Waals surface area (Å²) in [6.07, 6.45) is 0. The second-order valence-corrected chi connectivity index (χ2v) is 8.12. The minimum atomic E-state index is -1.26. The van der Waals surface area contributed by atoms with Gasteiger partial charge in [-0.15, -0.1) is 4.72 Å². The van der Waals surface area contributed by atoms with Crippen LogP contribution in [-0.2, 0) is 11.4 Å². The highest BCUT2D eigenvalue weighted by atomic mass is 32.2. The molecule has 5 heteroatoms. The van der Waals surface area contributed by atoms with Crippen LogP contribution in [0.5, 0.6) is 0 Å². The molecule has 0 amide bonds. The molecule has 0 bridgehead atoms. The predicted molar refractivity (Wildman–Crippen MR) is 90.1 cm³/mol. The third-order valence-electron chi connectivity index (χ3n) is 3.27. The van der Waals surface area contributed by atoms with E-state index in [0.29, 0.717) is 0 Å². The summed E-state index contributed by atoms with van der Waals surface area (Å²) in [5, 5.41) is 0. The minimum Gasteiger partial charge on any atom is -0.598 e. The van der Waals surface area contributed by atoms with Crippen molar-refractivity contribution in [3.05, 3.63) is 65.5 Å². The zero-order valence-electron chi connectivity index (χ0n) is 13.0. The van der Waals surface area contributed by atoms with Crippen LogP contribution >= 0.6 is 0 Å². The summed E-state index contributed by atoms with van der Waals surface area (Å²) in [6, 6.07) is 13.9. The van der Waals surface area contributed by atoms with Crippen LogP contribution in [-0.4, -0.2) is 9.30 Å². The van der Waals surface area contributed by atoms with Gasteiger partial charge in [-0.3, -0.25) is 0 Å². The molecule has 0 heterocycles. The smallest absolute Gasteiger partial charge is 0.146 e. The van der Waals surface area contributed by atoms with Gasteiger partial charge in [0, 0.05) is 11.4 Å². The molecule has 3 nitrogen and oxygen atoms in total. The van der Waals surface area contributed by atoms with Crippen molar-refractivity contribution >= 4 is 17.0 Å². The lowest BCUT2D eigenvalue weighted by Crippen LogP contribution is -2.41. The molecule has 0 spiro atoms. The number of benzene rings is 2. The number of rotatable bonds is 4. The van der Waals surface area contributed by atoms with Crippen molar-refractivity contribution in [2.45, 2.75) is 31.6 Å². The van der Waals surface area contributed by atoms with E-state index in [1.54, 1.807) is 12.1 Å². The maximum Gasteiger partial charge on any atom is 0.146 e. The van der Waals surface area contributed by atoms with E-state index < -0.39 is 21.9 Å². The van der Waals surface area contributed by atoms with Crippen LogP contribution in [0.15, 0.2) is 48.5 Å². The van der Waals surface area contributed by atoms with Gasteiger partial charge in [-0.2, -0.15) is 0 Å². The van der Waals surface area contributed by atoms with Gasteiger partial charge in [0.15, 0.2) is 0 Å². The first kappa shape index (κ1) is 16.8. The molecule has 0 radical (unpaired) electrons. The fraction of sp³-hybridized carbons (Fsp3) is 0.294. The maximum atomic E-state index is 13.4. The Hall–Kier alpha value is -1.56. The molecule has 0 fully saturated rings. The summed E-state index contributed by atoms with van der Waals surface area (Å²) in [4.78, 5) is 0. The van der Waals surface area contributed by atoms with Gasteiger partial charge in [-0.05, 0) is 44.0 Å². The summed E-state index contributed by atoms with van der Waals surface area (Å²) in [7, 11) is 0. The Kier molecular flexibility index (Phi) is 5.11. The van der Waals surface area contributed by atoms with Gasteiger partial charge in [0.25, 0.3) is 0 Å². The topological polar surface area (TPSA) is 61.1 Å². The fourth-order valence-electron chi connectivity index (χ4n) is 2.00. The zero-order valence-corrected chi connectivity index (χ0v) is 13.8.